The Labute approximate surface area is 152 Å². The lowest BCUT2D eigenvalue weighted by Crippen LogP contribution is -2.42. The molecule has 0 aliphatic carbocycles. The average Bonchev–Trinajstić information content (AvgIpc) is 2.73. The highest BCUT2D eigenvalue weighted by atomic mass is 16.5. The number of methoxy groups -OCH3 is 1. The maximum Gasteiger partial charge on any atom is 0.255 e. The molecular formula is C21H20N2O3. The van der Waals surface area contributed by atoms with E-state index in [1.54, 1.807) is 31.6 Å². The van der Waals surface area contributed by atoms with Gasteiger partial charge in [0.05, 0.1) is 25.8 Å². The summed E-state index contributed by atoms with van der Waals surface area (Å²) in [5, 5.41) is 2.25. The summed E-state index contributed by atoms with van der Waals surface area (Å²) in [5.41, 5.74) is 1.69. The third-order valence-corrected chi connectivity index (χ3v) is 4.71. The van der Waals surface area contributed by atoms with Crippen molar-refractivity contribution in [1.29, 1.82) is 0 Å². The van der Waals surface area contributed by atoms with Crippen molar-refractivity contribution in [2.45, 2.75) is 6.10 Å². The predicted octanol–water partition coefficient (Wildman–Crippen LogP) is 3.46. The maximum absolute atomic E-state index is 12.7. The minimum atomic E-state index is -0.129. The van der Waals surface area contributed by atoms with Crippen molar-refractivity contribution in [2.24, 2.45) is 0 Å². The van der Waals surface area contributed by atoms with Crippen molar-refractivity contribution in [3.05, 3.63) is 72.1 Å². The molecule has 1 aliphatic rings. The molecule has 3 aromatic rings. The van der Waals surface area contributed by atoms with Crippen LogP contribution in [0, 0.1) is 0 Å². The molecule has 1 amide bonds. The zero-order valence-corrected chi connectivity index (χ0v) is 14.6. The van der Waals surface area contributed by atoms with Gasteiger partial charge >= 0.3 is 0 Å². The van der Waals surface area contributed by atoms with Gasteiger partial charge in [-0.05, 0) is 46.7 Å². The fourth-order valence-electron chi connectivity index (χ4n) is 3.28. The Hall–Kier alpha value is -2.92. The summed E-state index contributed by atoms with van der Waals surface area (Å²) < 4.78 is 11.2. The molecule has 0 bridgehead atoms. The normalized spacial score (nSPS) is 17.3. The highest BCUT2D eigenvalue weighted by Crippen LogP contribution is 2.28. The molecule has 2 aromatic carbocycles. The molecule has 0 saturated carbocycles. The van der Waals surface area contributed by atoms with Gasteiger partial charge in [0.25, 0.3) is 5.91 Å². The largest absolute Gasteiger partial charge is 0.497 e. The van der Waals surface area contributed by atoms with Gasteiger partial charge in [-0.3, -0.25) is 9.78 Å². The fourth-order valence-corrected chi connectivity index (χ4v) is 3.28. The lowest BCUT2D eigenvalue weighted by atomic mass is 10.0. The summed E-state index contributed by atoms with van der Waals surface area (Å²) in [6, 6.07) is 15.8. The zero-order valence-electron chi connectivity index (χ0n) is 14.6. The Kier molecular flexibility index (Phi) is 4.54. The molecule has 5 nitrogen and oxygen atoms in total. The fraction of sp³-hybridized carbons (Fsp3) is 0.238. The van der Waals surface area contributed by atoms with Gasteiger partial charge < -0.3 is 14.4 Å². The van der Waals surface area contributed by atoms with E-state index in [0.717, 1.165) is 22.1 Å². The van der Waals surface area contributed by atoms with Crippen LogP contribution in [0.25, 0.3) is 10.8 Å². The second-order valence-electron chi connectivity index (χ2n) is 6.32. The lowest BCUT2D eigenvalue weighted by Gasteiger charge is -2.33. The first kappa shape index (κ1) is 16.5. The molecule has 2 heterocycles. The number of ether oxygens (including phenoxy) is 2. The Morgan fingerprint density at radius 2 is 2.04 bits per heavy atom. The summed E-state index contributed by atoms with van der Waals surface area (Å²) in [7, 11) is 1.67. The first-order chi connectivity index (χ1) is 12.7. The maximum atomic E-state index is 12.7. The van der Waals surface area contributed by atoms with Gasteiger partial charge in [0.2, 0.25) is 0 Å². The standard InChI is InChI=1S/C21H20N2O3/c1-25-19-7-6-15-11-17(5-4-16(15)12-19)20-14-23(9-10-26-20)21(24)18-3-2-8-22-13-18/h2-8,11-13,20H,9-10,14H2,1H3. The Morgan fingerprint density at radius 3 is 2.85 bits per heavy atom. The molecule has 1 atom stereocenters. The first-order valence-electron chi connectivity index (χ1n) is 8.63. The van der Waals surface area contributed by atoms with Crippen molar-refractivity contribution >= 4 is 16.7 Å². The summed E-state index contributed by atoms with van der Waals surface area (Å²) in [4.78, 5) is 18.5. The van der Waals surface area contributed by atoms with E-state index in [4.69, 9.17) is 9.47 Å². The van der Waals surface area contributed by atoms with Crippen LogP contribution in [0.1, 0.15) is 22.0 Å². The molecule has 0 radical (unpaired) electrons. The number of carbonyl (C=O) groups excluding carboxylic acids is 1. The topological polar surface area (TPSA) is 51.7 Å². The van der Waals surface area contributed by atoms with E-state index in [1.807, 2.05) is 23.1 Å². The quantitative estimate of drug-likeness (QED) is 0.727. The summed E-state index contributed by atoms with van der Waals surface area (Å²) in [6.07, 6.45) is 3.15. The van der Waals surface area contributed by atoms with E-state index in [9.17, 15) is 4.79 Å². The van der Waals surface area contributed by atoms with Gasteiger partial charge in [0.1, 0.15) is 11.9 Å². The molecule has 1 aliphatic heterocycles. The summed E-state index contributed by atoms with van der Waals surface area (Å²) in [5.74, 6) is 0.837. The molecule has 1 unspecified atom stereocenters. The molecule has 0 spiro atoms. The van der Waals surface area contributed by atoms with E-state index in [2.05, 4.69) is 23.2 Å². The van der Waals surface area contributed by atoms with E-state index in [0.29, 0.717) is 25.3 Å². The number of amides is 1. The zero-order chi connectivity index (χ0) is 17.9. The number of fused-ring (bicyclic) bond motifs is 1. The van der Waals surface area contributed by atoms with Gasteiger partial charge in [-0.15, -0.1) is 0 Å². The van der Waals surface area contributed by atoms with Crippen LogP contribution in [0.5, 0.6) is 5.75 Å². The van der Waals surface area contributed by atoms with E-state index in [1.165, 1.54) is 0 Å². The number of carbonyl (C=O) groups is 1. The molecule has 0 N–H and O–H groups in total. The summed E-state index contributed by atoms with van der Waals surface area (Å²) in [6.45, 7) is 1.65. The first-order valence-corrected chi connectivity index (χ1v) is 8.63. The molecule has 1 saturated heterocycles. The van der Waals surface area contributed by atoms with Crippen molar-refractivity contribution in [3.63, 3.8) is 0 Å². The number of benzene rings is 2. The van der Waals surface area contributed by atoms with Crippen LogP contribution in [0.3, 0.4) is 0 Å². The van der Waals surface area contributed by atoms with E-state index >= 15 is 0 Å². The number of aromatic nitrogens is 1. The third kappa shape index (κ3) is 3.26. The van der Waals surface area contributed by atoms with Crippen LogP contribution in [0.4, 0.5) is 0 Å². The molecule has 132 valence electrons. The molecule has 4 rings (SSSR count). The van der Waals surface area contributed by atoms with Crippen LogP contribution in [0.15, 0.2) is 60.9 Å². The van der Waals surface area contributed by atoms with Crippen molar-refractivity contribution in [1.82, 2.24) is 9.88 Å². The van der Waals surface area contributed by atoms with Gasteiger partial charge in [-0.2, -0.15) is 0 Å². The van der Waals surface area contributed by atoms with Gasteiger partial charge in [-0.25, -0.2) is 0 Å². The predicted molar refractivity (Wildman–Crippen MR) is 99.3 cm³/mol. The number of hydrogen-bond donors (Lipinski definition) is 0. The molecule has 5 heteroatoms. The average molecular weight is 348 g/mol. The number of rotatable bonds is 3. The molecule has 26 heavy (non-hydrogen) atoms. The number of hydrogen-bond acceptors (Lipinski definition) is 4. The van der Waals surface area contributed by atoms with Gasteiger partial charge in [0, 0.05) is 18.9 Å². The number of nitrogens with zero attached hydrogens (tertiary/aromatic N) is 2. The minimum absolute atomic E-state index is 0.00285. The number of pyridine rings is 1. The second-order valence-corrected chi connectivity index (χ2v) is 6.32. The Morgan fingerprint density at radius 1 is 1.19 bits per heavy atom. The second kappa shape index (κ2) is 7.14. The minimum Gasteiger partial charge on any atom is -0.497 e. The van der Waals surface area contributed by atoms with Crippen LogP contribution < -0.4 is 4.74 Å². The van der Waals surface area contributed by atoms with Gasteiger partial charge in [-0.1, -0.05) is 18.2 Å². The third-order valence-electron chi connectivity index (χ3n) is 4.71. The van der Waals surface area contributed by atoms with Crippen LogP contribution in [-0.4, -0.2) is 42.6 Å². The van der Waals surface area contributed by atoms with Crippen molar-refractivity contribution < 1.29 is 14.3 Å². The highest BCUT2D eigenvalue weighted by molar-refractivity contribution is 5.94. The Balaban J connectivity index is 1.56. The van der Waals surface area contributed by atoms with Gasteiger partial charge in [0.15, 0.2) is 0 Å². The summed E-state index contributed by atoms with van der Waals surface area (Å²) >= 11 is 0. The lowest BCUT2D eigenvalue weighted by molar-refractivity contribution is -0.0227. The van der Waals surface area contributed by atoms with Crippen molar-refractivity contribution in [3.8, 4) is 5.75 Å². The smallest absolute Gasteiger partial charge is 0.255 e. The molecule has 1 fully saturated rings. The molecular weight excluding hydrogens is 328 g/mol. The SMILES string of the molecule is COc1ccc2cc(C3CN(C(=O)c4cccnc4)CCO3)ccc2c1. The van der Waals surface area contributed by atoms with E-state index < -0.39 is 0 Å². The van der Waals surface area contributed by atoms with Crippen LogP contribution in [0.2, 0.25) is 0 Å². The monoisotopic (exact) mass is 348 g/mol. The Bertz CT molecular complexity index is 927. The number of morpholine rings is 1. The van der Waals surface area contributed by atoms with E-state index in [-0.39, 0.29) is 12.0 Å². The molecule has 1 aromatic heterocycles. The van der Waals surface area contributed by atoms with Crippen molar-refractivity contribution in [2.75, 3.05) is 26.8 Å². The van der Waals surface area contributed by atoms with Crippen LogP contribution in [-0.2, 0) is 4.74 Å². The van der Waals surface area contributed by atoms with Crippen LogP contribution >= 0.6 is 0 Å². The highest BCUT2D eigenvalue weighted by Gasteiger charge is 2.26.